The highest BCUT2D eigenvalue weighted by molar-refractivity contribution is 5.61. The lowest BCUT2D eigenvalue weighted by atomic mass is 9.84. The maximum absolute atomic E-state index is 5.30. The summed E-state index contributed by atoms with van der Waals surface area (Å²) in [5.41, 5.74) is 5.62. The smallest absolute Gasteiger partial charge is 0.126 e. The fraction of sp³-hybridized carbons (Fsp3) is 0.667. The van der Waals surface area contributed by atoms with E-state index in [4.69, 9.17) is 4.98 Å². The number of hydrogen-bond donors (Lipinski definition) is 0. The topological polar surface area (TPSA) is 24.3 Å². The maximum Gasteiger partial charge on any atom is 0.126 e. The summed E-state index contributed by atoms with van der Waals surface area (Å²) < 4.78 is 2.48. The van der Waals surface area contributed by atoms with Crippen LogP contribution >= 0.6 is 0 Å². The van der Waals surface area contributed by atoms with E-state index in [1.54, 1.807) is 11.1 Å². The second kappa shape index (κ2) is 9.46. The van der Waals surface area contributed by atoms with Gasteiger partial charge in [-0.05, 0) is 69.3 Å². The summed E-state index contributed by atoms with van der Waals surface area (Å²) >= 11 is 0. The average molecular weight is 421 g/mol. The van der Waals surface area contributed by atoms with Crippen molar-refractivity contribution in [3.05, 3.63) is 41.3 Å². The van der Waals surface area contributed by atoms with Crippen LogP contribution in [0.2, 0.25) is 0 Å². The van der Waals surface area contributed by atoms with E-state index in [9.17, 15) is 0 Å². The molecule has 0 spiro atoms. The van der Waals surface area contributed by atoms with E-state index in [0.717, 1.165) is 32.1 Å². The summed E-state index contributed by atoms with van der Waals surface area (Å²) in [6.07, 6.45) is 15.9. The highest BCUT2D eigenvalue weighted by atomic mass is 15.3. The Morgan fingerprint density at radius 3 is 2.58 bits per heavy atom. The van der Waals surface area contributed by atoms with Gasteiger partial charge in [0, 0.05) is 37.9 Å². The Balaban J connectivity index is 1.42. The van der Waals surface area contributed by atoms with Crippen molar-refractivity contribution in [3.8, 4) is 11.3 Å². The van der Waals surface area contributed by atoms with Crippen molar-refractivity contribution in [2.45, 2.75) is 76.8 Å². The van der Waals surface area contributed by atoms with Crippen molar-refractivity contribution in [3.63, 3.8) is 0 Å². The van der Waals surface area contributed by atoms with E-state index in [0.29, 0.717) is 6.04 Å². The fourth-order valence-corrected chi connectivity index (χ4v) is 6.05. The molecule has 4 nitrogen and oxygen atoms in total. The molecule has 1 fully saturated rings. The van der Waals surface area contributed by atoms with Crippen LogP contribution in [0.25, 0.3) is 11.3 Å². The van der Waals surface area contributed by atoms with Crippen LogP contribution in [-0.4, -0.2) is 53.1 Å². The van der Waals surface area contributed by atoms with Gasteiger partial charge >= 0.3 is 0 Å². The summed E-state index contributed by atoms with van der Waals surface area (Å²) in [5, 5.41) is 0. The first kappa shape index (κ1) is 21.2. The third-order valence-electron chi connectivity index (χ3n) is 7.93. The molecule has 1 atom stereocenters. The second-order valence-electron chi connectivity index (χ2n) is 10.5. The Kier molecular flexibility index (Phi) is 6.47. The molecule has 0 bridgehead atoms. The van der Waals surface area contributed by atoms with Crippen LogP contribution in [0.15, 0.2) is 24.4 Å². The van der Waals surface area contributed by atoms with Gasteiger partial charge in [-0.3, -0.25) is 4.90 Å². The van der Waals surface area contributed by atoms with Gasteiger partial charge in [-0.25, -0.2) is 4.98 Å². The van der Waals surface area contributed by atoms with Gasteiger partial charge in [-0.2, -0.15) is 0 Å². The first-order chi connectivity index (χ1) is 15.2. The third kappa shape index (κ3) is 4.75. The molecule has 3 aliphatic rings. The van der Waals surface area contributed by atoms with Gasteiger partial charge in [0.05, 0.1) is 11.7 Å². The van der Waals surface area contributed by atoms with Crippen LogP contribution < -0.4 is 0 Å². The molecule has 31 heavy (non-hydrogen) atoms. The lowest BCUT2D eigenvalue weighted by molar-refractivity contribution is 0.111. The predicted molar refractivity (Wildman–Crippen MR) is 128 cm³/mol. The van der Waals surface area contributed by atoms with Gasteiger partial charge in [0.15, 0.2) is 0 Å². The van der Waals surface area contributed by atoms with Crippen molar-refractivity contribution < 1.29 is 0 Å². The van der Waals surface area contributed by atoms with Crippen LogP contribution in [0.1, 0.15) is 74.4 Å². The molecule has 0 radical (unpaired) electrons. The predicted octanol–water partition coefficient (Wildman–Crippen LogP) is 5.32. The second-order valence-corrected chi connectivity index (χ2v) is 10.5. The molecule has 1 aromatic carbocycles. The summed E-state index contributed by atoms with van der Waals surface area (Å²) in [4.78, 5) is 10.3. The van der Waals surface area contributed by atoms with Crippen molar-refractivity contribution in [2.24, 2.45) is 5.92 Å². The number of fused-ring (bicyclic) bond motifs is 2. The molecule has 2 aliphatic carbocycles. The molecule has 2 aromatic rings. The summed E-state index contributed by atoms with van der Waals surface area (Å²) in [6.45, 7) is 4.49. The number of aromatic nitrogens is 2. The van der Waals surface area contributed by atoms with Crippen LogP contribution in [0.5, 0.6) is 0 Å². The maximum atomic E-state index is 5.30. The molecule has 5 rings (SSSR count). The molecule has 168 valence electrons. The zero-order valence-corrected chi connectivity index (χ0v) is 19.7. The van der Waals surface area contributed by atoms with E-state index >= 15 is 0 Å². The normalized spacial score (nSPS) is 22.5. The molecule has 0 N–H and O–H groups in total. The van der Waals surface area contributed by atoms with Crippen LogP contribution in [0.4, 0.5) is 0 Å². The third-order valence-corrected chi connectivity index (χ3v) is 7.93. The molecule has 1 aromatic heterocycles. The molecule has 2 heterocycles. The largest absolute Gasteiger partial charge is 0.332 e. The Morgan fingerprint density at radius 2 is 1.77 bits per heavy atom. The summed E-state index contributed by atoms with van der Waals surface area (Å²) in [6, 6.07) is 7.59. The van der Waals surface area contributed by atoms with Gasteiger partial charge in [-0.15, -0.1) is 0 Å². The van der Waals surface area contributed by atoms with Crippen LogP contribution in [0, 0.1) is 5.92 Å². The Bertz CT molecular complexity index is 877. The molecule has 1 saturated carbocycles. The van der Waals surface area contributed by atoms with Gasteiger partial charge in [0.2, 0.25) is 0 Å². The number of rotatable bonds is 6. The molecule has 0 unspecified atom stereocenters. The highest BCUT2D eigenvalue weighted by Gasteiger charge is 2.32. The zero-order chi connectivity index (χ0) is 21.2. The van der Waals surface area contributed by atoms with Gasteiger partial charge in [0.1, 0.15) is 5.82 Å². The van der Waals surface area contributed by atoms with E-state index in [1.807, 2.05) is 0 Å². The van der Waals surface area contributed by atoms with Gasteiger partial charge in [0.25, 0.3) is 0 Å². The van der Waals surface area contributed by atoms with Crippen LogP contribution in [0.3, 0.4) is 0 Å². The molecule has 1 aliphatic heterocycles. The van der Waals surface area contributed by atoms with E-state index < -0.39 is 0 Å². The number of imidazole rings is 1. The van der Waals surface area contributed by atoms with Gasteiger partial charge in [-0.1, -0.05) is 44.2 Å². The quantitative estimate of drug-likeness (QED) is 0.632. The minimum Gasteiger partial charge on any atom is -0.332 e. The Labute approximate surface area is 188 Å². The van der Waals surface area contributed by atoms with Crippen LogP contribution in [-0.2, 0) is 19.4 Å². The molecule has 0 saturated heterocycles. The van der Waals surface area contributed by atoms with E-state index in [2.05, 4.69) is 52.9 Å². The lowest BCUT2D eigenvalue weighted by Crippen LogP contribution is -2.42. The van der Waals surface area contributed by atoms with E-state index in [1.165, 1.54) is 81.3 Å². The number of aryl methyl sites for hydroxylation is 2. The number of hydrogen-bond acceptors (Lipinski definition) is 3. The number of likely N-dealkylation sites (N-methyl/N-ethyl adjacent to an activating group) is 1. The number of nitrogens with zero attached hydrogens (tertiary/aromatic N) is 4. The van der Waals surface area contributed by atoms with E-state index in [-0.39, 0.29) is 0 Å². The lowest BCUT2D eigenvalue weighted by Gasteiger charge is -2.38. The van der Waals surface area contributed by atoms with Crippen molar-refractivity contribution in [1.29, 1.82) is 0 Å². The Hall–Kier alpha value is -1.65. The zero-order valence-electron chi connectivity index (χ0n) is 19.7. The average Bonchev–Trinajstić information content (AvgIpc) is 3.24. The standard InChI is InChI=1S/C27H40N4/c1-29(2)14-15-30-16-17-31-20-25(24-13-12-22-10-6-7-11-23(22)19-24)28-27(31)26(30)18-21-8-4-3-5-9-21/h12-13,19-21,26H,3-11,14-18H2,1-2H3/t26-/m0/s1. The first-order valence-corrected chi connectivity index (χ1v) is 12.8. The molecule has 4 heteroatoms. The SMILES string of the molecule is CN(C)CCN1CCn2cc(-c3ccc4c(c3)CCCC4)nc2[C@@H]1CC1CCCCC1. The minimum absolute atomic E-state index is 0.475. The minimum atomic E-state index is 0.475. The fourth-order valence-electron chi connectivity index (χ4n) is 6.05. The Morgan fingerprint density at radius 1 is 0.968 bits per heavy atom. The molecule has 0 amide bonds. The highest BCUT2D eigenvalue weighted by Crippen LogP contribution is 2.37. The molecular weight excluding hydrogens is 380 g/mol. The number of benzene rings is 1. The first-order valence-electron chi connectivity index (χ1n) is 12.8. The molecular formula is C27H40N4. The summed E-state index contributed by atoms with van der Waals surface area (Å²) in [5.74, 6) is 2.19. The van der Waals surface area contributed by atoms with Gasteiger partial charge < -0.3 is 9.47 Å². The summed E-state index contributed by atoms with van der Waals surface area (Å²) in [7, 11) is 4.38. The van der Waals surface area contributed by atoms with Crippen molar-refractivity contribution in [1.82, 2.24) is 19.4 Å². The van der Waals surface area contributed by atoms with Crippen molar-refractivity contribution >= 4 is 0 Å². The monoisotopic (exact) mass is 420 g/mol. The van der Waals surface area contributed by atoms with Crippen molar-refractivity contribution in [2.75, 3.05) is 33.7 Å².